The van der Waals surface area contributed by atoms with Crippen LogP contribution in [0.25, 0.3) is 0 Å². The molecule has 0 unspecified atom stereocenters. The van der Waals surface area contributed by atoms with Gasteiger partial charge < -0.3 is 26.2 Å². The Kier molecular flexibility index (Phi) is 11.6. The molecule has 0 radical (unpaired) electrons. The number of benzene rings is 1. The van der Waals surface area contributed by atoms with Crippen LogP contribution in [0.4, 0.5) is 0 Å². The van der Waals surface area contributed by atoms with Gasteiger partial charge in [-0.1, -0.05) is 17.9 Å². The predicted molar refractivity (Wildman–Crippen MR) is 112 cm³/mol. The molecule has 1 aliphatic rings. The van der Waals surface area contributed by atoms with Crippen molar-refractivity contribution in [3.63, 3.8) is 0 Å². The molecule has 5 N–H and O–H groups in total. The number of amides is 1. The minimum Gasteiger partial charge on any atom is -0.490 e. The minimum absolute atomic E-state index is 0. The van der Waals surface area contributed by atoms with Crippen molar-refractivity contribution < 1.29 is 14.6 Å². The summed E-state index contributed by atoms with van der Waals surface area (Å²) in [5.41, 5.74) is 6.55. The lowest BCUT2D eigenvalue weighted by molar-refractivity contribution is -0.122. The first-order valence-corrected chi connectivity index (χ1v) is 9.29. The van der Waals surface area contributed by atoms with Crippen LogP contribution in [0.1, 0.15) is 37.7 Å². The first-order chi connectivity index (χ1) is 12.7. The first kappa shape index (κ1) is 23.3. The highest BCUT2D eigenvalue weighted by Gasteiger charge is 2.14. The largest absolute Gasteiger partial charge is 0.490 e. The molecule has 1 amide bonds. The summed E-state index contributed by atoms with van der Waals surface area (Å²) in [6, 6.07) is 7.23. The van der Waals surface area contributed by atoms with Crippen LogP contribution in [-0.4, -0.2) is 49.4 Å². The number of ether oxygens (including phenoxy) is 1. The Morgan fingerprint density at radius 3 is 2.93 bits per heavy atom. The highest BCUT2D eigenvalue weighted by atomic mass is 32.1. The van der Waals surface area contributed by atoms with Gasteiger partial charge in [0.1, 0.15) is 11.9 Å². The van der Waals surface area contributed by atoms with Gasteiger partial charge in [-0.05, 0) is 57.0 Å². The molecule has 0 aliphatic carbocycles. The van der Waals surface area contributed by atoms with Gasteiger partial charge in [0.25, 0.3) is 0 Å². The highest BCUT2D eigenvalue weighted by Crippen LogP contribution is 2.17. The second-order valence-corrected chi connectivity index (χ2v) is 6.41. The summed E-state index contributed by atoms with van der Waals surface area (Å²) in [5, 5.41) is 14.8. The molecular formula is C20H31N3O3S. The Hall–Kier alpha value is -1.72. The van der Waals surface area contributed by atoms with Crippen LogP contribution in [0.2, 0.25) is 0 Å². The molecular weight excluding hydrogens is 362 g/mol. The molecule has 0 aromatic heterocycles. The molecule has 1 atom stereocenters. The number of aliphatic hydroxyl groups excluding tert-OH is 1. The third kappa shape index (κ3) is 9.16. The molecule has 0 bridgehead atoms. The van der Waals surface area contributed by atoms with Gasteiger partial charge in [0.05, 0.1) is 6.04 Å². The Balaban J connectivity index is 0.00000364. The number of carbonyl (C=O) groups excluding carboxylic acids is 1. The quantitative estimate of drug-likeness (QED) is 0.389. The van der Waals surface area contributed by atoms with Gasteiger partial charge in [-0.3, -0.25) is 4.79 Å². The average Bonchev–Trinajstić information content (AvgIpc) is 2.65. The van der Waals surface area contributed by atoms with Crippen LogP contribution in [0.5, 0.6) is 5.75 Å². The third-order valence-electron chi connectivity index (χ3n) is 4.21. The molecule has 0 saturated carbocycles. The summed E-state index contributed by atoms with van der Waals surface area (Å²) in [4.78, 5) is 11.6. The summed E-state index contributed by atoms with van der Waals surface area (Å²) in [7, 11) is 0. The molecule has 1 saturated heterocycles. The molecule has 2 rings (SSSR count). The zero-order chi connectivity index (χ0) is 18.6. The van der Waals surface area contributed by atoms with Crippen LogP contribution in [0.3, 0.4) is 0 Å². The fraction of sp³-hybridized carbons (Fsp3) is 0.550. The van der Waals surface area contributed by atoms with Gasteiger partial charge in [-0.15, -0.1) is 0 Å². The molecule has 1 aliphatic heterocycles. The monoisotopic (exact) mass is 393 g/mol. The maximum absolute atomic E-state index is 11.6. The van der Waals surface area contributed by atoms with E-state index in [1.54, 1.807) is 0 Å². The van der Waals surface area contributed by atoms with Crippen molar-refractivity contribution in [2.45, 2.75) is 44.2 Å². The summed E-state index contributed by atoms with van der Waals surface area (Å²) >= 11 is 0. The van der Waals surface area contributed by atoms with E-state index >= 15 is 0 Å². The Morgan fingerprint density at radius 1 is 1.41 bits per heavy atom. The molecule has 0 spiro atoms. The van der Waals surface area contributed by atoms with Crippen LogP contribution >= 0.6 is 13.5 Å². The molecule has 27 heavy (non-hydrogen) atoms. The van der Waals surface area contributed by atoms with Gasteiger partial charge in [0.2, 0.25) is 5.91 Å². The van der Waals surface area contributed by atoms with E-state index in [1.165, 1.54) is 0 Å². The van der Waals surface area contributed by atoms with Gasteiger partial charge in [-0.2, -0.15) is 13.5 Å². The van der Waals surface area contributed by atoms with Crippen LogP contribution < -0.4 is 21.1 Å². The maximum atomic E-state index is 11.6. The van der Waals surface area contributed by atoms with Gasteiger partial charge in [-0.25, -0.2) is 0 Å². The summed E-state index contributed by atoms with van der Waals surface area (Å²) in [6.07, 6.45) is 4.07. The van der Waals surface area contributed by atoms with E-state index in [0.717, 1.165) is 43.7 Å². The molecule has 150 valence electrons. The molecule has 6 nitrogen and oxygen atoms in total. The third-order valence-corrected chi connectivity index (χ3v) is 4.21. The van der Waals surface area contributed by atoms with E-state index in [1.807, 2.05) is 24.3 Å². The fourth-order valence-electron chi connectivity index (χ4n) is 2.71. The maximum Gasteiger partial charge on any atom is 0.237 e. The van der Waals surface area contributed by atoms with E-state index in [-0.39, 0.29) is 38.5 Å². The second kappa shape index (κ2) is 13.4. The van der Waals surface area contributed by atoms with Crippen molar-refractivity contribution in [2.75, 3.05) is 26.2 Å². The van der Waals surface area contributed by atoms with E-state index in [2.05, 4.69) is 22.5 Å². The number of hydrogen-bond acceptors (Lipinski definition) is 5. The Bertz CT molecular complexity index is 624. The van der Waals surface area contributed by atoms with Crippen LogP contribution in [0.15, 0.2) is 24.3 Å². The average molecular weight is 394 g/mol. The second-order valence-electron chi connectivity index (χ2n) is 6.41. The summed E-state index contributed by atoms with van der Waals surface area (Å²) in [6.45, 7) is 2.46. The Labute approximate surface area is 168 Å². The zero-order valence-corrected chi connectivity index (χ0v) is 16.7. The van der Waals surface area contributed by atoms with E-state index < -0.39 is 6.04 Å². The number of carbonyl (C=O) groups is 1. The van der Waals surface area contributed by atoms with Gasteiger partial charge in [0.15, 0.2) is 0 Å². The Morgan fingerprint density at radius 2 is 2.19 bits per heavy atom. The number of nitrogens with one attached hydrogen (secondary N) is 2. The smallest absolute Gasteiger partial charge is 0.237 e. The van der Waals surface area contributed by atoms with Crippen molar-refractivity contribution in [3.8, 4) is 17.6 Å². The minimum atomic E-state index is -0.645. The molecule has 7 heteroatoms. The predicted octanol–water partition coefficient (Wildman–Crippen LogP) is 0.888. The van der Waals surface area contributed by atoms with Crippen molar-refractivity contribution in [1.82, 2.24) is 10.6 Å². The van der Waals surface area contributed by atoms with Gasteiger partial charge in [0, 0.05) is 25.1 Å². The zero-order valence-electron chi connectivity index (χ0n) is 15.7. The highest BCUT2D eigenvalue weighted by molar-refractivity contribution is 7.59. The van der Waals surface area contributed by atoms with Crippen LogP contribution in [-0.2, 0) is 4.79 Å². The standard InChI is InChI=1S/C20H29N3O3.H2S/c21-19(10-14-24)20(25)23-11-3-1-2-5-16-6-4-7-18(15-16)26-17-8-12-22-13-9-17;/h4,6-7,15,17,19,22,24H,1,3,8-14,21H2,(H,23,25);1H2/t19-;/m0./s1. The number of unbranched alkanes of at least 4 members (excludes halogenated alkanes) is 1. The lowest BCUT2D eigenvalue weighted by atomic mass is 10.1. The molecule has 1 fully saturated rings. The number of rotatable bonds is 8. The van der Waals surface area contributed by atoms with Crippen molar-refractivity contribution in [3.05, 3.63) is 29.8 Å². The number of piperidine rings is 1. The van der Waals surface area contributed by atoms with E-state index in [4.69, 9.17) is 15.6 Å². The molecule has 1 aromatic carbocycles. The van der Waals surface area contributed by atoms with E-state index in [0.29, 0.717) is 13.0 Å². The fourth-order valence-corrected chi connectivity index (χ4v) is 2.71. The summed E-state index contributed by atoms with van der Waals surface area (Å²) in [5.74, 6) is 6.91. The summed E-state index contributed by atoms with van der Waals surface area (Å²) < 4.78 is 6.02. The van der Waals surface area contributed by atoms with Crippen molar-refractivity contribution in [1.29, 1.82) is 0 Å². The lowest BCUT2D eigenvalue weighted by Gasteiger charge is -2.23. The molecule has 1 aromatic rings. The van der Waals surface area contributed by atoms with Crippen LogP contribution in [0, 0.1) is 11.8 Å². The number of aliphatic hydroxyl groups is 1. The van der Waals surface area contributed by atoms with Crippen molar-refractivity contribution in [2.24, 2.45) is 5.73 Å². The topological polar surface area (TPSA) is 96.6 Å². The van der Waals surface area contributed by atoms with Gasteiger partial charge >= 0.3 is 0 Å². The number of nitrogens with two attached hydrogens (primary N) is 1. The number of hydrogen-bond donors (Lipinski definition) is 4. The normalized spacial score (nSPS) is 15.0. The van der Waals surface area contributed by atoms with E-state index in [9.17, 15) is 4.79 Å². The lowest BCUT2D eigenvalue weighted by Crippen LogP contribution is -2.41. The SMILES string of the molecule is N[C@@H](CCO)C(=O)NCCCC#Cc1cccc(OC2CCNCC2)c1.S. The van der Waals surface area contributed by atoms with Crippen molar-refractivity contribution >= 4 is 19.4 Å². The first-order valence-electron chi connectivity index (χ1n) is 9.29. The molecule has 1 heterocycles.